The van der Waals surface area contributed by atoms with Gasteiger partial charge in [-0.05, 0) is 51.0 Å². The average Bonchev–Trinajstić information content (AvgIpc) is 2.37. The number of sulfonamides is 1. The van der Waals surface area contributed by atoms with E-state index >= 15 is 0 Å². The van der Waals surface area contributed by atoms with Gasteiger partial charge >= 0.3 is 0 Å². The van der Waals surface area contributed by atoms with Gasteiger partial charge in [-0.3, -0.25) is 4.90 Å². The lowest BCUT2D eigenvalue weighted by molar-refractivity contribution is 0.154. The first-order valence-electron chi connectivity index (χ1n) is 7.34. The summed E-state index contributed by atoms with van der Waals surface area (Å²) in [7, 11) is -3.44. The second-order valence-electron chi connectivity index (χ2n) is 6.02. The van der Waals surface area contributed by atoms with E-state index in [9.17, 15) is 8.42 Å². The monoisotopic (exact) mass is 311 g/mol. The van der Waals surface area contributed by atoms with E-state index < -0.39 is 10.0 Å². The summed E-state index contributed by atoms with van der Waals surface area (Å²) < 4.78 is 27.4. The molecule has 5 nitrogen and oxygen atoms in total. The van der Waals surface area contributed by atoms with Crippen molar-refractivity contribution in [2.75, 3.05) is 31.9 Å². The molecule has 21 heavy (non-hydrogen) atoms. The zero-order chi connectivity index (χ0) is 15.8. The Bertz CT molecular complexity index is 595. The Morgan fingerprint density at radius 2 is 1.52 bits per heavy atom. The summed E-state index contributed by atoms with van der Waals surface area (Å²) in [6.45, 7) is 10.5. The molecular formula is C15H25N3O2S. The van der Waals surface area contributed by atoms with E-state index in [2.05, 4.69) is 18.7 Å². The van der Waals surface area contributed by atoms with Crippen LogP contribution in [0.2, 0.25) is 0 Å². The van der Waals surface area contributed by atoms with Crippen LogP contribution < -0.4 is 5.73 Å². The second-order valence-corrected chi connectivity index (χ2v) is 7.89. The predicted octanol–water partition coefficient (Wildman–Crippen LogP) is 1.60. The van der Waals surface area contributed by atoms with Crippen LogP contribution in [0.4, 0.5) is 5.69 Å². The van der Waals surface area contributed by atoms with Crippen molar-refractivity contribution in [3.05, 3.63) is 23.3 Å². The number of hydrogen-bond acceptors (Lipinski definition) is 4. The highest BCUT2D eigenvalue weighted by Crippen LogP contribution is 2.27. The molecule has 1 aliphatic rings. The summed E-state index contributed by atoms with van der Waals surface area (Å²) in [5.74, 6) is 0. The summed E-state index contributed by atoms with van der Waals surface area (Å²) in [6.07, 6.45) is 0. The zero-order valence-electron chi connectivity index (χ0n) is 13.3. The quantitative estimate of drug-likeness (QED) is 0.861. The highest BCUT2D eigenvalue weighted by atomic mass is 32.2. The molecule has 1 heterocycles. The molecule has 0 unspecified atom stereocenters. The fourth-order valence-corrected chi connectivity index (χ4v) is 4.81. The molecule has 0 aromatic heterocycles. The van der Waals surface area contributed by atoms with Crippen molar-refractivity contribution >= 4 is 15.7 Å². The van der Waals surface area contributed by atoms with E-state index in [0.717, 1.165) is 24.2 Å². The first-order valence-corrected chi connectivity index (χ1v) is 8.78. The van der Waals surface area contributed by atoms with Gasteiger partial charge < -0.3 is 5.73 Å². The van der Waals surface area contributed by atoms with E-state index in [-0.39, 0.29) is 0 Å². The Morgan fingerprint density at radius 1 is 1.05 bits per heavy atom. The minimum atomic E-state index is -3.44. The number of hydrogen-bond donors (Lipinski definition) is 1. The van der Waals surface area contributed by atoms with Crippen LogP contribution in [0.25, 0.3) is 0 Å². The number of anilines is 1. The SMILES string of the molecule is Cc1cc(N)cc(C)c1S(=O)(=O)N1CCN(C(C)C)CC1. The van der Waals surface area contributed by atoms with Crippen molar-refractivity contribution in [3.8, 4) is 0 Å². The Kier molecular flexibility index (Phi) is 4.60. The molecule has 0 bridgehead atoms. The number of rotatable bonds is 3. The summed E-state index contributed by atoms with van der Waals surface area (Å²) in [5, 5.41) is 0. The standard InChI is InChI=1S/C15H25N3O2S/c1-11(2)17-5-7-18(8-6-17)21(19,20)15-12(3)9-14(16)10-13(15)4/h9-11H,5-8,16H2,1-4H3. The first kappa shape index (κ1) is 16.3. The molecule has 0 spiro atoms. The molecular weight excluding hydrogens is 286 g/mol. The van der Waals surface area contributed by atoms with Crippen molar-refractivity contribution in [3.63, 3.8) is 0 Å². The molecule has 1 aromatic carbocycles. The summed E-state index contributed by atoms with van der Waals surface area (Å²) in [4.78, 5) is 2.71. The molecule has 0 aliphatic carbocycles. The van der Waals surface area contributed by atoms with Crippen LogP contribution in [0.5, 0.6) is 0 Å². The van der Waals surface area contributed by atoms with Gasteiger partial charge in [0, 0.05) is 37.9 Å². The lowest BCUT2D eigenvalue weighted by atomic mass is 10.1. The highest BCUT2D eigenvalue weighted by Gasteiger charge is 2.31. The fraction of sp³-hybridized carbons (Fsp3) is 0.600. The van der Waals surface area contributed by atoms with Crippen LogP contribution >= 0.6 is 0 Å². The van der Waals surface area contributed by atoms with Crippen LogP contribution in [-0.2, 0) is 10.0 Å². The lowest BCUT2D eigenvalue weighted by Crippen LogP contribution is -2.50. The van der Waals surface area contributed by atoms with Crippen molar-refractivity contribution in [1.29, 1.82) is 0 Å². The molecule has 0 amide bonds. The Morgan fingerprint density at radius 3 is 1.95 bits per heavy atom. The molecule has 0 saturated carbocycles. The summed E-state index contributed by atoms with van der Waals surface area (Å²) in [6, 6.07) is 3.91. The predicted molar refractivity (Wildman–Crippen MR) is 85.8 cm³/mol. The third-order valence-electron chi connectivity index (χ3n) is 4.08. The molecule has 1 aliphatic heterocycles. The highest BCUT2D eigenvalue weighted by molar-refractivity contribution is 7.89. The number of nitrogen functional groups attached to an aromatic ring is 1. The van der Waals surface area contributed by atoms with E-state index in [1.165, 1.54) is 0 Å². The molecule has 0 atom stereocenters. The van der Waals surface area contributed by atoms with Gasteiger partial charge in [0.05, 0.1) is 4.90 Å². The molecule has 6 heteroatoms. The third kappa shape index (κ3) is 3.22. The topological polar surface area (TPSA) is 66.6 Å². The van der Waals surface area contributed by atoms with Crippen LogP contribution in [-0.4, -0.2) is 49.8 Å². The minimum absolute atomic E-state index is 0.412. The molecule has 1 saturated heterocycles. The zero-order valence-corrected chi connectivity index (χ0v) is 14.1. The smallest absolute Gasteiger partial charge is 0.243 e. The number of aryl methyl sites for hydroxylation is 2. The Labute approximate surface area is 127 Å². The number of benzene rings is 1. The Hall–Kier alpha value is -1.11. The van der Waals surface area contributed by atoms with Gasteiger partial charge in [-0.2, -0.15) is 4.31 Å². The molecule has 0 radical (unpaired) electrons. The van der Waals surface area contributed by atoms with Crippen LogP contribution in [0, 0.1) is 13.8 Å². The van der Waals surface area contributed by atoms with E-state index in [0.29, 0.717) is 29.7 Å². The molecule has 1 aromatic rings. The van der Waals surface area contributed by atoms with Crippen molar-refractivity contribution in [2.24, 2.45) is 0 Å². The van der Waals surface area contributed by atoms with Gasteiger partial charge in [0.15, 0.2) is 0 Å². The van der Waals surface area contributed by atoms with Gasteiger partial charge in [0.25, 0.3) is 0 Å². The number of nitrogens with zero attached hydrogens (tertiary/aromatic N) is 2. The number of piperazine rings is 1. The summed E-state index contributed by atoms with van der Waals surface area (Å²) in [5.41, 5.74) is 7.83. The van der Waals surface area contributed by atoms with Gasteiger partial charge in [-0.1, -0.05) is 0 Å². The van der Waals surface area contributed by atoms with Crippen molar-refractivity contribution < 1.29 is 8.42 Å². The second kappa shape index (κ2) is 5.94. The largest absolute Gasteiger partial charge is 0.399 e. The Balaban J connectivity index is 2.28. The van der Waals surface area contributed by atoms with Crippen LogP contribution in [0.3, 0.4) is 0 Å². The lowest BCUT2D eigenvalue weighted by Gasteiger charge is -2.36. The first-order chi connectivity index (χ1) is 9.73. The maximum atomic E-state index is 12.9. The van der Waals surface area contributed by atoms with E-state index in [1.54, 1.807) is 30.3 Å². The molecule has 2 N–H and O–H groups in total. The summed E-state index contributed by atoms with van der Waals surface area (Å²) >= 11 is 0. The maximum absolute atomic E-state index is 12.9. The van der Waals surface area contributed by atoms with Gasteiger partial charge in [0.1, 0.15) is 0 Å². The molecule has 2 rings (SSSR count). The molecule has 1 fully saturated rings. The van der Waals surface area contributed by atoms with Crippen molar-refractivity contribution in [1.82, 2.24) is 9.21 Å². The normalized spacial score (nSPS) is 18.3. The molecule has 118 valence electrons. The van der Waals surface area contributed by atoms with E-state index in [4.69, 9.17) is 5.73 Å². The van der Waals surface area contributed by atoms with E-state index in [1.807, 2.05) is 0 Å². The van der Waals surface area contributed by atoms with Gasteiger partial charge in [0.2, 0.25) is 10.0 Å². The maximum Gasteiger partial charge on any atom is 0.243 e. The van der Waals surface area contributed by atoms with Crippen LogP contribution in [0.15, 0.2) is 17.0 Å². The van der Waals surface area contributed by atoms with Crippen LogP contribution in [0.1, 0.15) is 25.0 Å². The fourth-order valence-electron chi connectivity index (χ4n) is 2.98. The van der Waals surface area contributed by atoms with Crippen molar-refractivity contribution in [2.45, 2.75) is 38.6 Å². The van der Waals surface area contributed by atoms with Gasteiger partial charge in [-0.15, -0.1) is 0 Å². The minimum Gasteiger partial charge on any atom is -0.399 e. The average molecular weight is 311 g/mol. The van der Waals surface area contributed by atoms with Gasteiger partial charge in [-0.25, -0.2) is 8.42 Å². The number of nitrogens with two attached hydrogens (primary N) is 1. The third-order valence-corrected chi connectivity index (χ3v) is 6.29.